The summed E-state index contributed by atoms with van der Waals surface area (Å²) in [4.78, 5) is 13.2. The van der Waals surface area contributed by atoms with Gasteiger partial charge in [0.2, 0.25) is 0 Å². The number of hydrogen-bond acceptors (Lipinski definition) is 4. The van der Waals surface area contributed by atoms with Crippen molar-refractivity contribution in [3.8, 4) is 0 Å². The maximum atomic E-state index is 12.0. The first kappa shape index (κ1) is 13.1. The first-order valence-electron chi connectivity index (χ1n) is 6.49. The molecule has 0 spiro atoms. The first-order chi connectivity index (χ1) is 9.65. The molecular formula is C13H17N5OS. The first-order valence-corrected chi connectivity index (χ1v) is 7.37. The topological polar surface area (TPSA) is 71.0 Å². The zero-order chi connectivity index (χ0) is 14.0. The minimum Gasteiger partial charge on any atom is -0.330 e. The molecule has 0 unspecified atom stereocenters. The number of carbonyl (C=O) groups is 1. The van der Waals surface area contributed by atoms with E-state index >= 15 is 0 Å². The largest absolute Gasteiger partial charge is 0.330 e. The number of carbonyl (C=O) groups excluding carboxylic acids is 1. The van der Waals surface area contributed by atoms with Crippen LogP contribution in [0.15, 0.2) is 29.8 Å². The Hall–Kier alpha value is -1.86. The lowest BCUT2D eigenvalue weighted by Gasteiger charge is -2.39. The molecule has 0 atom stereocenters. The van der Waals surface area contributed by atoms with Gasteiger partial charge in [-0.1, -0.05) is 6.07 Å². The van der Waals surface area contributed by atoms with E-state index in [-0.39, 0.29) is 11.6 Å². The highest BCUT2D eigenvalue weighted by Crippen LogP contribution is 2.15. The molecule has 3 heterocycles. The molecule has 6 nitrogen and oxygen atoms in total. The van der Waals surface area contributed by atoms with E-state index in [4.69, 9.17) is 0 Å². The Bertz CT molecular complexity index is 588. The van der Waals surface area contributed by atoms with Crippen LogP contribution in [0.1, 0.15) is 11.8 Å². The second-order valence-electron chi connectivity index (χ2n) is 5.20. The lowest BCUT2D eigenvalue weighted by Crippen LogP contribution is -2.67. The van der Waals surface area contributed by atoms with Crippen molar-refractivity contribution in [2.75, 3.05) is 18.4 Å². The number of nitrogens with zero attached hydrogens (tertiary/aromatic N) is 2. The number of urea groups is 1. The van der Waals surface area contributed by atoms with Gasteiger partial charge < -0.3 is 10.6 Å². The molecule has 2 aromatic rings. The number of nitrogens with one attached hydrogen (secondary N) is 3. The van der Waals surface area contributed by atoms with Crippen LogP contribution in [-0.4, -0.2) is 34.4 Å². The molecule has 20 heavy (non-hydrogen) atoms. The third kappa shape index (κ3) is 2.83. The number of rotatable bonds is 4. The maximum Gasteiger partial charge on any atom is 0.320 e. The summed E-state index contributed by atoms with van der Waals surface area (Å²) in [5.41, 5.74) is -0.150. The summed E-state index contributed by atoms with van der Waals surface area (Å²) in [6.45, 7) is 4.29. The molecule has 1 aliphatic heterocycles. The number of aromatic nitrogens is 2. The third-order valence-electron chi connectivity index (χ3n) is 3.29. The average Bonchev–Trinajstić information content (AvgIpc) is 3.01. The van der Waals surface area contributed by atoms with Gasteiger partial charge in [0, 0.05) is 24.0 Å². The average molecular weight is 291 g/mol. The number of anilines is 1. The summed E-state index contributed by atoms with van der Waals surface area (Å²) >= 11 is 1.67. The van der Waals surface area contributed by atoms with Crippen molar-refractivity contribution in [3.63, 3.8) is 0 Å². The van der Waals surface area contributed by atoms with E-state index in [2.05, 4.69) is 27.1 Å². The zero-order valence-electron chi connectivity index (χ0n) is 11.2. The van der Waals surface area contributed by atoms with Gasteiger partial charge in [-0.2, -0.15) is 5.10 Å². The third-order valence-corrected chi connectivity index (χ3v) is 4.15. The highest BCUT2D eigenvalue weighted by atomic mass is 32.1. The van der Waals surface area contributed by atoms with Gasteiger partial charge in [0.05, 0.1) is 18.3 Å². The Kier molecular flexibility index (Phi) is 3.45. The molecule has 2 amide bonds. The van der Waals surface area contributed by atoms with Gasteiger partial charge in [-0.05, 0) is 18.4 Å². The quantitative estimate of drug-likeness (QED) is 0.799. The molecular weight excluding hydrogens is 274 g/mol. The van der Waals surface area contributed by atoms with Gasteiger partial charge >= 0.3 is 6.03 Å². The molecule has 1 fully saturated rings. The van der Waals surface area contributed by atoms with Crippen LogP contribution < -0.4 is 16.0 Å². The smallest absolute Gasteiger partial charge is 0.320 e. The van der Waals surface area contributed by atoms with Crippen molar-refractivity contribution < 1.29 is 4.79 Å². The summed E-state index contributed by atoms with van der Waals surface area (Å²) < 4.78 is 1.78. The molecule has 1 aliphatic rings. The van der Waals surface area contributed by atoms with Gasteiger partial charge in [-0.3, -0.25) is 5.32 Å². The molecule has 0 radical (unpaired) electrons. The summed E-state index contributed by atoms with van der Waals surface area (Å²) in [5, 5.41) is 15.2. The summed E-state index contributed by atoms with van der Waals surface area (Å²) in [7, 11) is 0. The van der Waals surface area contributed by atoms with Crippen LogP contribution in [0.2, 0.25) is 0 Å². The standard InChI is InChI=1S/C13H17N5OS/c1-13(8-14-9-13)17-12(19)16-11-4-5-15-18(11)7-10-3-2-6-20-10/h2-6,14H,7-9H2,1H3,(H2,16,17,19). The van der Waals surface area contributed by atoms with Crippen LogP contribution >= 0.6 is 11.3 Å². The Morgan fingerprint density at radius 1 is 1.55 bits per heavy atom. The Morgan fingerprint density at radius 2 is 2.40 bits per heavy atom. The second kappa shape index (κ2) is 5.26. The van der Waals surface area contributed by atoms with Gasteiger partial charge in [0.15, 0.2) is 0 Å². The fourth-order valence-electron chi connectivity index (χ4n) is 2.13. The lowest BCUT2D eigenvalue weighted by atomic mass is 9.96. The van der Waals surface area contributed by atoms with Crippen LogP contribution in [-0.2, 0) is 6.54 Å². The van der Waals surface area contributed by atoms with E-state index in [0.717, 1.165) is 13.1 Å². The normalized spacial score (nSPS) is 16.4. The van der Waals surface area contributed by atoms with E-state index < -0.39 is 0 Å². The number of thiophene rings is 1. The van der Waals surface area contributed by atoms with Crippen molar-refractivity contribution in [1.82, 2.24) is 20.4 Å². The summed E-state index contributed by atoms with van der Waals surface area (Å²) in [6, 6.07) is 5.67. The highest BCUT2D eigenvalue weighted by Gasteiger charge is 2.33. The molecule has 0 bridgehead atoms. The Labute approximate surface area is 121 Å². The summed E-state index contributed by atoms with van der Waals surface area (Å²) in [5.74, 6) is 0.701. The van der Waals surface area contributed by atoms with Crippen molar-refractivity contribution in [3.05, 3.63) is 34.7 Å². The number of hydrogen-bond donors (Lipinski definition) is 3. The predicted molar refractivity (Wildman–Crippen MR) is 79.1 cm³/mol. The van der Waals surface area contributed by atoms with Gasteiger partial charge in [-0.15, -0.1) is 11.3 Å². The van der Waals surface area contributed by atoms with E-state index in [0.29, 0.717) is 12.4 Å². The van der Waals surface area contributed by atoms with Gasteiger partial charge in [-0.25, -0.2) is 9.48 Å². The minimum atomic E-state index is -0.193. The molecule has 7 heteroatoms. The van der Waals surface area contributed by atoms with Gasteiger partial charge in [0.25, 0.3) is 0 Å². The SMILES string of the molecule is CC1(NC(=O)Nc2ccnn2Cc2cccs2)CNC1. The monoisotopic (exact) mass is 291 g/mol. The van der Waals surface area contributed by atoms with Crippen LogP contribution in [0, 0.1) is 0 Å². The molecule has 0 aromatic carbocycles. The maximum absolute atomic E-state index is 12.0. The van der Waals surface area contributed by atoms with Crippen LogP contribution in [0.25, 0.3) is 0 Å². The van der Waals surface area contributed by atoms with E-state index in [1.807, 2.05) is 18.4 Å². The minimum absolute atomic E-state index is 0.150. The predicted octanol–water partition coefficient (Wildman–Crippen LogP) is 1.48. The van der Waals surface area contributed by atoms with Crippen LogP contribution in [0.3, 0.4) is 0 Å². The molecule has 3 N–H and O–H groups in total. The molecule has 1 saturated heterocycles. The van der Waals surface area contributed by atoms with Crippen molar-refractivity contribution in [1.29, 1.82) is 0 Å². The van der Waals surface area contributed by atoms with Crippen molar-refractivity contribution in [2.45, 2.75) is 19.0 Å². The second-order valence-corrected chi connectivity index (χ2v) is 6.23. The lowest BCUT2D eigenvalue weighted by molar-refractivity contribution is 0.215. The molecule has 0 aliphatic carbocycles. The molecule has 106 valence electrons. The van der Waals surface area contributed by atoms with Crippen LogP contribution in [0.5, 0.6) is 0 Å². The highest BCUT2D eigenvalue weighted by molar-refractivity contribution is 7.09. The van der Waals surface area contributed by atoms with Crippen molar-refractivity contribution in [2.24, 2.45) is 0 Å². The van der Waals surface area contributed by atoms with Crippen LogP contribution in [0.4, 0.5) is 10.6 Å². The molecule has 3 rings (SSSR count). The summed E-state index contributed by atoms with van der Waals surface area (Å²) in [6.07, 6.45) is 1.69. The fraction of sp³-hybridized carbons (Fsp3) is 0.385. The Morgan fingerprint density at radius 3 is 3.05 bits per heavy atom. The molecule has 0 saturated carbocycles. The zero-order valence-corrected chi connectivity index (χ0v) is 12.0. The Balaban J connectivity index is 1.62. The van der Waals surface area contributed by atoms with E-state index in [1.54, 1.807) is 28.3 Å². The molecule has 2 aromatic heterocycles. The van der Waals surface area contributed by atoms with Gasteiger partial charge in [0.1, 0.15) is 5.82 Å². The van der Waals surface area contributed by atoms with Crippen molar-refractivity contribution >= 4 is 23.2 Å². The van der Waals surface area contributed by atoms with E-state index in [1.165, 1.54) is 4.88 Å². The fourth-order valence-corrected chi connectivity index (χ4v) is 2.81. The number of amides is 2. The van der Waals surface area contributed by atoms with E-state index in [9.17, 15) is 4.79 Å².